The molecular weight excluding hydrogens is 293 g/mol. The van der Waals surface area contributed by atoms with Gasteiger partial charge in [-0.25, -0.2) is 4.39 Å². The van der Waals surface area contributed by atoms with Crippen molar-refractivity contribution in [1.82, 2.24) is 15.1 Å². The average molecular weight is 319 g/mol. The first-order chi connectivity index (χ1) is 10.9. The summed E-state index contributed by atoms with van der Waals surface area (Å²) in [6, 6.07) is 6.61. The molecule has 0 bridgehead atoms. The summed E-state index contributed by atoms with van der Waals surface area (Å²) in [5.74, 6) is -0.289. The number of nitrogens with zero attached hydrogens (tertiary/aromatic N) is 2. The highest BCUT2D eigenvalue weighted by atomic mass is 19.1. The molecule has 0 spiro atoms. The van der Waals surface area contributed by atoms with Crippen LogP contribution in [-0.2, 0) is 0 Å². The quantitative estimate of drug-likeness (QED) is 0.817. The van der Waals surface area contributed by atoms with Gasteiger partial charge in [0.05, 0.1) is 12.3 Å². The molecule has 0 fully saturated rings. The minimum Gasteiger partial charge on any atom is -0.388 e. The molecule has 0 aliphatic carbocycles. The highest BCUT2D eigenvalue weighted by Gasteiger charge is 2.16. The van der Waals surface area contributed by atoms with Gasteiger partial charge in [-0.15, -0.1) is 0 Å². The topological polar surface area (TPSA) is 50.1 Å². The van der Waals surface area contributed by atoms with E-state index in [1.807, 2.05) is 24.0 Å². The van der Waals surface area contributed by atoms with Gasteiger partial charge in [0.25, 0.3) is 0 Å². The van der Waals surface area contributed by atoms with Crippen molar-refractivity contribution in [3.63, 3.8) is 0 Å². The molecule has 0 aliphatic rings. The van der Waals surface area contributed by atoms with Gasteiger partial charge in [-0.05, 0) is 51.8 Å². The van der Waals surface area contributed by atoms with E-state index in [0.717, 1.165) is 11.1 Å². The van der Waals surface area contributed by atoms with Crippen LogP contribution in [0.2, 0.25) is 0 Å². The summed E-state index contributed by atoms with van der Waals surface area (Å²) in [7, 11) is 0. The normalized spacial score (nSPS) is 15.6. The maximum absolute atomic E-state index is 12.9. The maximum atomic E-state index is 12.9. The Hall–Kier alpha value is -1.72. The Morgan fingerprint density at radius 3 is 2.35 bits per heavy atom. The molecule has 2 rings (SSSR count). The Morgan fingerprint density at radius 1 is 1.13 bits per heavy atom. The molecule has 1 aromatic heterocycles. The smallest absolute Gasteiger partial charge is 0.123 e. The van der Waals surface area contributed by atoms with Crippen molar-refractivity contribution in [1.29, 1.82) is 0 Å². The SMILES string of the molecule is CC(CC(O)c1ccc(F)cc1)NC(C)c1cnn(C(C)C)c1. The second-order valence-electron chi connectivity index (χ2n) is 6.44. The highest BCUT2D eigenvalue weighted by molar-refractivity contribution is 5.18. The van der Waals surface area contributed by atoms with Crippen molar-refractivity contribution in [3.05, 3.63) is 53.6 Å². The third-order valence-electron chi connectivity index (χ3n) is 4.02. The minimum absolute atomic E-state index is 0.118. The van der Waals surface area contributed by atoms with Gasteiger partial charge in [0.15, 0.2) is 0 Å². The number of aliphatic hydroxyl groups is 1. The van der Waals surface area contributed by atoms with Gasteiger partial charge in [0.1, 0.15) is 5.82 Å². The fraction of sp³-hybridized carbons (Fsp3) is 0.500. The number of hydrogen-bond acceptors (Lipinski definition) is 3. The monoisotopic (exact) mass is 319 g/mol. The predicted molar refractivity (Wildman–Crippen MR) is 89.6 cm³/mol. The molecule has 0 amide bonds. The molecular formula is C18H26FN3O. The van der Waals surface area contributed by atoms with Gasteiger partial charge in [-0.1, -0.05) is 12.1 Å². The summed E-state index contributed by atoms with van der Waals surface area (Å²) in [5, 5.41) is 18.1. The van der Waals surface area contributed by atoms with Crippen LogP contribution in [0.4, 0.5) is 4.39 Å². The van der Waals surface area contributed by atoms with Crippen LogP contribution in [0.1, 0.15) is 63.4 Å². The van der Waals surface area contributed by atoms with E-state index in [0.29, 0.717) is 12.5 Å². The van der Waals surface area contributed by atoms with E-state index in [4.69, 9.17) is 0 Å². The van der Waals surface area contributed by atoms with Crippen molar-refractivity contribution in [3.8, 4) is 0 Å². The molecule has 0 saturated heterocycles. The first-order valence-corrected chi connectivity index (χ1v) is 8.10. The summed E-state index contributed by atoms with van der Waals surface area (Å²) in [6.07, 6.45) is 3.88. The largest absolute Gasteiger partial charge is 0.388 e. The van der Waals surface area contributed by atoms with E-state index in [-0.39, 0.29) is 17.9 Å². The molecule has 23 heavy (non-hydrogen) atoms. The predicted octanol–water partition coefficient (Wildman–Crippen LogP) is 3.77. The average Bonchev–Trinajstić information content (AvgIpc) is 2.97. The maximum Gasteiger partial charge on any atom is 0.123 e. The van der Waals surface area contributed by atoms with E-state index in [1.54, 1.807) is 12.1 Å². The lowest BCUT2D eigenvalue weighted by Gasteiger charge is -2.22. The van der Waals surface area contributed by atoms with Crippen molar-refractivity contribution < 1.29 is 9.50 Å². The minimum atomic E-state index is -0.608. The second kappa shape index (κ2) is 7.70. The molecule has 4 nitrogen and oxygen atoms in total. The summed E-state index contributed by atoms with van der Waals surface area (Å²) >= 11 is 0. The van der Waals surface area contributed by atoms with Crippen LogP contribution in [0.25, 0.3) is 0 Å². The molecule has 126 valence electrons. The van der Waals surface area contributed by atoms with Gasteiger partial charge in [-0.2, -0.15) is 5.10 Å². The van der Waals surface area contributed by atoms with Crippen LogP contribution in [-0.4, -0.2) is 20.9 Å². The van der Waals surface area contributed by atoms with Gasteiger partial charge >= 0.3 is 0 Å². The Morgan fingerprint density at radius 2 is 1.78 bits per heavy atom. The fourth-order valence-electron chi connectivity index (χ4n) is 2.61. The standard InChI is InChI=1S/C18H26FN3O/c1-12(2)22-11-16(10-20-22)14(4)21-13(3)9-18(23)15-5-7-17(19)8-6-15/h5-8,10-14,18,21,23H,9H2,1-4H3. The number of aliphatic hydroxyl groups excluding tert-OH is 1. The molecule has 3 atom stereocenters. The number of benzene rings is 1. The molecule has 0 radical (unpaired) electrons. The van der Waals surface area contributed by atoms with Crippen molar-refractivity contribution in [2.45, 2.75) is 58.3 Å². The summed E-state index contributed by atoms with van der Waals surface area (Å²) in [5.41, 5.74) is 1.86. The number of halogens is 1. The van der Waals surface area contributed by atoms with Crippen LogP contribution in [0.5, 0.6) is 0 Å². The van der Waals surface area contributed by atoms with E-state index in [9.17, 15) is 9.50 Å². The molecule has 3 unspecified atom stereocenters. The lowest BCUT2D eigenvalue weighted by Crippen LogP contribution is -2.30. The first-order valence-electron chi connectivity index (χ1n) is 8.10. The lowest BCUT2D eigenvalue weighted by atomic mass is 10.0. The summed E-state index contributed by atoms with van der Waals surface area (Å²) in [4.78, 5) is 0. The number of hydrogen-bond donors (Lipinski definition) is 2. The zero-order valence-corrected chi connectivity index (χ0v) is 14.2. The Balaban J connectivity index is 1.90. The number of aromatic nitrogens is 2. The van der Waals surface area contributed by atoms with E-state index < -0.39 is 6.10 Å². The Bertz CT molecular complexity index is 609. The number of rotatable bonds is 7. The van der Waals surface area contributed by atoms with Gasteiger partial charge < -0.3 is 10.4 Å². The van der Waals surface area contributed by atoms with Crippen LogP contribution in [0, 0.1) is 5.82 Å². The molecule has 5 heteroatoms. The Labute approximate surface area is 137 Å². The summed E-state index contributed by atoms with van der Waals surface area (Å²) < 4.78 is 14.9. The van der Waals surface area contributed by atoms with Crippen LogP contribution >= 0.6 is 0 Å². The van der Waals surface area contributed by atoms with Crippen molar-refractivity contribution in [2.24, 2.45) is 0 Å². The summed E-state index contributed by atoms with van der Waals surface area (Å²) in [6.45, 7) is 8.31. The molecule has 0 saturated carbocycles. The fourth-order valence-corrected chi connectivity index (χ4v) is 2.61. The third kappa shape index (κ3) is 4.88. The lowest BCUT2D eigenvalue weighted by molar-refractivity contribution is 0.152. The zero-order chi connectivity index (χ0) is 17.0. The number of nitrogens with one attached hydrogen (secondary N) is 1. The van der Waals surface area contributed by atoms with Crippen LogP contribution in [0.3, 0.4) is 0 Å². The van der Waals surface area contributed by atoms with Gasteiger partial charge in [0.2, 0.25) is 0 Å². The van der Waals surface area contributed by atoms with E-state index >= 15 is 0 Å². The van der Waals surface area contributed by atoms with Crippen molar-refractivity contribution >= 4 is 0 Å². The molecule has 1 heterocycles. The third-order valence-corrected chi connectivity index (χ3v) is 4.02. The van der Waals surface area contributed by atoms with Crippen molar-refractivity contribution in [2.75, 3.05) is 0 Å². The highest BCUT2D eigenvalue weighted by Crippen LogP contribution is 2.21. The Kier molecular flexibility index (Phi) is 5.91. The molecule has 2 N–H and O–H groups in total. The second-order valence-corrected chi connectivity index (χ2v) is 6.44. The zero-order valence-electron chi connectivity index (χ0n) is 14.2. The van der Waals surface area contributed by atoms with Gasteiger partial charge in [0, 0.05) is 29.9 Å². The van der Waals surface area contributed by atoms with Crippen LogP contribution < -0.4 is 5.32 Å². The van der Waals surface area contributed by atoms with E-state index in [2.05, 4.69) is 31.2 Å². The van der Waals surface area contributed by atoms with Crippen LogP contribution in [0.15, 0.2) is 36.7 Å². The van der Waals surface area contributed by atoms with Gasteiger partial charge in [-0.3, -0.25) is 4.68 Å². The first kappa shape index (κ1) is 17.6. The molecule has 0 aliphatic heterocycles. The molecule has 1 aromatic carbocycles. The molecule has 2 aromatic rings. The van der Waals surface area contributed by atoms with E-state index in [1.165, 1.54) is 12.1 Å².